The molecule has 0 saturated carbocycles. The van der Waals surface area contributed by atoms with Crippen LogP contribution in [0.3, 0.4) is 0 Å². The maximum atomic E-state index is 13.1. The topological polar surface area (TPSA) is 101 Å². The van der Waals surface area contributed by atoms with Crippen molar-refractivity contribution in [3.8, 4) is 5.75 Å². The third kappa shape index (κ3) is 4.29. The van der Waals surface area contributed by atoms with Crippen molar-refractivity contribution in [1.29, 1.82) is 0 Å². The number of aryl methyl sites for hydroxylation is 1. The average Bonchev–Trinajstić information content (AvgIpc) is 3.20. The predicted molar refractivity (Wildman–Crippen MR) is 123 cm³/mol. The molecule has 0 unspecified atom stereocenters. The van der Waals surface area contributed by atoms with Crippen LogP contribution in [-0.4, -0.2) is 44.0 Å². The summed E-state index contributed by atoms with van der Waals surface area (Å²) in [4.78, 5) is 48.4. The summed E-state index contributed by atoms with van der Waals surface area (Å²) in [5.74, 6) is 0.710. The summed E-state index contributed by atoms with van der Waals surface area (Å²) in [6, 6.07) is 0. The first-order chi connectivity index (χ1) is 15.0. The van der Waals surface area contributed by atoms with Crippen LogP contribution in [0.2, 0.25) is 10.3 Å². The van der Waals surface area contributed by atoms with Crippen molar-refractivity contribution in [3.63, 3.8) is 0 Å². The van der Waals surface area contributed by atoms with E-state index in [1.807, 2.05) is 13.8 Å². The lowest BCUT2D eigenvalue weighted by Crippen LogP contribution is -2.38. The van der Waals surface area contributed by atoms with E-state index in [-0.39, 0.29) is 33.9 Å². The molecule has 32 heavy (non-hydrogen) atoms. The highest BCUT2D eigenvalue weighted by molar-refractivity contribution is 7.19. The van der Waals surface area contributed by atoms with E-state index >= 15 is 0 Å². The maximum Gasteiger partial charge on any atom is 0.439 e. The molecule has 174 valence electrons. The molecule has 3 aromatic rings. The van der Waals surface area contributed by atoms with E-state index in [1.54, 1.807) is 11.5 Å². The van der Waals surface area contributed by atoms with Crippen molar-refractivity contribution in [2.24, 2.45) is 13.0 Å². The molecular formula is C19H23Cl2N5O5S. The monoisotopic (exact) mass is 503 g/mol. The number of thiophene rings is 1. The summed E-state index contributed by atoms with van der Waals surface area (Å²) >= 11 is 13.5. The Morgan fingerprint density at radius 3 is 2.44 bits per heavy atom. The highest BCUT2D eigenvalue weighted by Crippen LogP contribution is 2.38. The van der Waals surface area contributed by atoms with Gasteiger partial charge in [0, 0.05) is 20.6 Å². The number of fused-ring (bicyclic) bond motifs is 1. The maximum absolute atomic E-state index is 13.1. The Bertz CT molecular complexity index is 1310. The number of nitrogens with zero attached hydrogens (tertiary/aromatic N) is 5. The van der Waals surface area contributed by atoms with E-state index in [0.29, 0.717) is 22.1 Å². The second-order valence-electron chi connectivity index (χ2n) is 7.56. The summed E-state index contributed by atoms with van der Waals surface area (Å²) in [7, 11) is 4.08. The fraction of sp³-hybridized carbons (Fsp3) is 0.474. The standard InChI is InChI=1S/C19H23Cl2N5O5S/c1-9(2)7-26-17-12(16(27)23(4)18(26)28)13(31-19(29)24(5)30-6)11(32-17)8-25-10(3)22-14(20)15(25)21/h9H,7-8H2,1-6H3. The molecule has 0 radical (unpaired) electrons. The van der Waals surface area contributed by atoms with Crippen molar-refractivity contribution in [1.82, 2.24) is 23.7 Å². The summed E-state index contributed by atoms with van der Waals surface area (Å²) in [6.45, 7) is 6.16. The van der Waals surface area contributed by atoms with E-state index < -0.39 is 17.3 Å². The smallest absolute Gasteiger partial charge is 0.406 e. The molecular weight excluding hydrogens is 481 g/mol. The van der Waals surface area contributed by atoms with E-state index in [0.717, 1.165) is 9.63 Å². The lowest BCUT2D eigenvalue weighted by atomic mass is 10.2. The second kappa shape index (κ2) is 9.26. The molecule has 0 saturated heterocycles. The minimum absolute atomic E-state index is 0.0392. The number of hydrogen-bond acceptors (Lipinski definition) is 7. The van der Waals surface area contributed by atoms with Gasteiger partial charge in [-0.05, 0) is 12.8 Å². The molecule has 0 N–H and O–H groups in total. The number of aromatic nitrogens is 4. The first kappa shape index (κ1) is 24.3. The Kier molecular flexibility index (Phi) is 7.03. The van der Waals surface area contributed by atoms with Gasteiger partial charge in [0.25, 0.3) is 5.56 Å². The minimum Gasteiger partial charge on any atom is -0.406 e. The van der Waals surface area contributed by atoms with Gasteiger partial charge in [0.15, 0.2) is 10.9 Å². The Morgan fingerprint density at radius 1 is 1.25 bits per heavy atom. The molecule has 0 aliphatic rings. The third-order valence-electron chi connectivity index (χ3n) is 4.82. The largest absolute Gasteiger partial charge is 0.439 e. The van der Waals surface area contributed by atoms with Crippen LogP contribution in [0.1, 0.15) is 24.5 Å². The van der Waals surface area contributed by atoms with Crippen LogP contribution in [0.15, 0.2) is 9.59 Å². The molecule has 0 atom stereocenters. The van der Waals surface area contributed by atoms with Gasteiger partial charge in [-0.2, -0.15) is 5.06 Å². The van der Waals surface area contributed by atoms with Gasteiger partial charge < -0.3 is 9.30 Å². The minimum atomic E-state index is -0.830. The fourth-order valence-electron chi connectivity index (χ4n) is 3.15. The average molecular weight is 504 g/mol. The summed E-state index contributed by atoms with van der Waals surface area (Å²) < 4.78 is 9.73. The predicted octanol–water partition coefficient (Wildman–Crippen LogP) is 3.27. The molecule has 3 rings (SSSR count). The number of halogens is 2. The van der Waals surface area contributed by atoms with E-state index in [9.17, 15) is 14.4 Å². The van der Waals surface area contributed by atoms with Crippen LogP contribution in [0.5, 0.6) is 5.75 Å². The number of hydroxylamine groups is 2. The molecule has 0 fully saturated rings. The van der Waals surface area contributed by atoms with Gasteiger partial charge in [0.05, 0.1) is 18.5 Å². The van der Waals surface area contributed by atoms with E-state index in [4.69, 9.17) is 32.8 Å². The van der Waals surface area contributed by atoms with Crippen LogP contribution in [-0.2, 0) is 25.0 Å². The SMILES string of the molecule is CON(C)C(=O)Oc1c(Cn2c(C)nc(Cl)c2Cl)sc2c1c(=O)n(C)c(=O)n2CC(C)C. The molecule has 3 heterocycles. The van der Waals surface area contributed by atoms with Crippen LogP contribution in [0.25, 0.3) is 10.2 Å². The van der Waals surface area contributed by atoms with Crippen LogP contribution in [0.4, 0.5) is 4.79 Å². The van der Waals surface area contributed by atoms with Crippen LogP contribution >= 0.6 is 34.5 Å². The van der Waals surface area contributed by atoms with Gasteiger partial charge in [0.1, 0.15) is 21.2 Å². The number of imidazole rings is 1. The zero-order valence-electron chi connectivity index (χ0n) is 18.4. The van der Waals surface area contributed by atoms with Crippen molar-refractivity contribution in [2.75, 3.05) is 14.2 Å². The number of carbonyl (C=O) groups excluding carboxylic acids is 1. The number of ether oxygens (including phenoxy) is 1. The number of carbonyl (C=O) groups is 1. The number of amides is 1. The van der Waals surface area contributed by atoms with Crippen molar-refractivity contribution >= 4 is 50.8 Å². The quantitative estimate of drug-likeness (QED) is 0.478. The first-order valence-corrected chi connectivity index (χ1v) is 11.2. The first-order valence-electron chi connectivity index (χ1n) is 9.60. The van der Waals surface area contributed by atoms with Gasteiger partial charge in [0.2, 0.25) is 0 Å². The Labute approximate surface area is 197 Å². The number of rotatable bonds is 6. The Balaban J connectivity index is 2.32. The number of hydrogen-bond donors (Lipinski definition) is 0. The van der Waals surface area contributed by atoms with E-state index in [1.165, 1.54) is 37.1 Å². The molecule has 0 aromatic carbocycles. The molecule has 0 bridgehead atoms. The van der Waals surface area contributed by atoms with Crippen molar-refractivity contribution < 1.29 is 14.4 Å². The van der Waals surface area contributed by atoms with Gasteiger partial charge in [-0.25, -0.2) is 14.6 Å². The highest BCUT2D eigenvalue weighted by atomic mass is 35.5. The zero-order valence-corrected chi connectivity index (χ0v) is 20.8. The second-order valence-corrected chi connectivity index (χ2v) is 9.36. The third-order valence-corrected chi connectivity index (χ3v) is 6.75. The van der Waals surface area contributed by atoms with Crippen LogP contribution < -0.4 is 16.0 Å². The lowest BCUT2D eigenvalue weighted by molar-refractivity contribution is -0.0789. The van der Waals surface area contributed by atoms with Gasteiger partial charge in [-0.1, -0.05) is 37.0 Å². The van der Waals surface area contributed by atoms with E-state index in [2.05, 4.69) is 4.98 Å². The molecule has 0 spiro atoms. The van der Waals surface area contributed by atoms with Crippen molar-refractivity contribution in [2.45, 2.75) is 33.9 Å². The summed E-state index contributed by atoms with van der Waals surface area (Å²) in [5.41, 5.74) is -1.02. The molecule has 0 aliphatic carbocycles. The lowest BCUT2D eigenvalue weighted by Gasteiger charge is -2.15. The van der Waals surface area contributed by atoms with Crippen LogP contribution in [0, 0.1) is 12.8 Å². The normalized spacial score (nSPS) is 11.5. The zero-order chi connectivity index (χ0) is 23.9. The highest BCUT2D eigenvalue weighted by Gasteiger charge is 2.27. The van der Waals surface area contributed by atoms with Crippen molar-refractivity contribution in [3.05, 3.63) is 41.8 Å². The molecule has 10 nitrogen and oxygen atoms in total. The molecule has 1 amide bonds. The molecule has 3 aromatic heterocycles. The van der Waals surface area contributed by atoms with Gasteiger partial charge >= 0.3 is 11.8 Å². The van der Waals surface area contributed by atoms with Gasteiger partial charge in [-0.3, -0.25) is 18.8 Å². The molecule has 13 heteroatoms. The summed E-state index contributed by atoms with van der Waals surface area (Å²) in [6.07, 6.45) is -0.830. The molecule has 0 aliphatic heterocycles. The fourth-order valence-corrected chi connectivity index (χ4v) is 4.80. The Hall–Kier alpha value is -2.34. The summed E-state index contributed by atoms with van der Waals surface area (Å²) in [5, 5.41) is 1.36. The van der Waals surface area contributed by atoms with Gasteiger partial charge in [-0.15, -0.1) is 11.3 Å². The Morgan fingerprint density at radius 2 is 1.91 bits per heavy atom.